The summed E-state index contributed by atoms with van der Waals surface area (Å²) in [7, 11) is 0. The minimum absolute atomic E-state index is 0. The van der Waals surface area contributed by atoms with Crippen LogP contribution in [0.1, 0.15) is 64.5 Å². The second-order valence-corrected chi connectivity index (χ2v) is 8.69. The van der Waals surface area contributed by atoms with Gasteiger partial charge in [0.2, 0.25) is 0 Å². The van der Waals surface area contributed by atoms with Gasteiger partial charge in [0.25, 0.3) is 0 Å². The van der Waals surface area contributed by atoms with Gasteiger partial charge in [0.15, 0.2) is 5.78 Å². The zero-order valence-corrected chi connectivity index (χ0v) is 23.8. The third-order valence-corrected chi connectivity index (χ3v) is 6.22. The fourth-order valence-corrected chi connectivity index (χ4v) is 4.19. The van der Waals surface area contributed by atoms with Gasteiger partial charge in [0, 0.05) is 38.0 Å². The Morgan fingerprint density at radius 1 is 0.941 bits per heavy atom. The van der Waals surface area contributed by atoms with Gasteiger partial charge in [-0.2, -0.15) is 24.3 Å². The van der Waals surface area contributed by atoms with Gasteiger partial charge in [-0.3, -0.25) is 4.79 Å². The first-order chi connectivity index (χ1) is 15.8. The van der Waals surface area contributed by atoms with Crippen molar-refractivity contribution in [3.63, 3.8) is 0 Å². The molecule has 0 heterocycles. The third kappa shape index (κ3) is 8.22. The van der Waals surface area contributed by atoms with Gasteiger partial charge in [-0.05, 0) is 25.7 Å². The predicted molar refractivity (Wildman–Crippen MR) is 140 cm³/mol. The first-order valence-electron chi connectivity index (χ1n) is 12.2. The van der Waals surface area contributed by atoms with E-state index in [-0.39, 0.29) is 43.5 Å². The van der Waals surface area contributed by atoms with Crippen molar-refractivity contribution < 1.29 is 30.0 Å². The van der Waals surface area contributed by atoms with Crippen LogP contribution in [0.3, 0.4) is 0 Å². The molecule has 0 saturated heterocycles. The molecule has 3 aromatic carbocycles. The van der Waals surface area contributed by atoms with Gasteiger partial charge < -0.3 is 5.11 Å². The van der Waals surface area contributed by atoms with Gasteiger partial charge in [-0.25, -0.2) is 11.1 Å². The fraction of sp³-hybridized carbons (Fsp3) is 0.387. The monoisotopic (exact) mass is 635 g/mol. The molecule has 0 aliphatic carbocycles. The molecule has 0 aliphatic heterocycles. The maximum absolute atomic E-state index is 11.7. The summed E-state index contributed by atoms with van der Waals surface area (Å²) in [6, 6.07) is 23.6. The van der Waals surface area contributed by atoms with Crippen LogP contribution in [0.5, 0.6) is 0 Å². The zero-order valence-electron chi connectivity index (χ0n) is 21.4. The molecule has 0 aliphatic rings. The molecule has 0 aromatic heterocycles. The van der Waals surface area contributed by atoms with Gasteiger partial charge in [-0.1, -0.05) is 59.7 Å². The third-order valence-electron chi connectivity index (χ3n) is 6.22. The predicted octanol–water partition coefficient (Wildman–Crippen LogP) is 8.59. The minimum Gasteiger partial charge on any atom is -0.512 e. The van der Waals surface area contributed by atoms with Crippen molar-refractivity contribution in [2.24, 2.45) is 11.8 Å². The van der Waals surface area contributed by atoms with Crippen molar-refractivity contribution in [2.45, 2.75) is 67.2 Å². The molecule has 34 heavy (non-hydrogen) atoms. The molecule has 0 unspecified atom stereocenters. The molecule has 0 bridgehead atoms. The first kappa shape index (κ1) is 29.8. The van der Waals surface area contributed by atoms with Crippen LogP contribution in [-0.4, -0.2) is 10.9 Å². The molecule has 0 saturated carbocycles. The molecule has 185 valence electrons. The number of hydrogen-bond donors (Lipinski definition) is 1. The number of carbonyl (C=O) groups excluding carboxylic acids is 1. The zero-order chi connectivity index (χ0) is 24.4. The Hall–Kier alpha value is -2.22. The van der Waals surface area contributed by atoms with Gasteiger partial charge >= 0.3 is 0 Å². The smallest absolute Gasteiger partial charge is 0.162 e. The molecule has 1 radical (unpaired) electrons. The SMILES string of the molecule is CCC(CC)C(=O)/C=C(\O)C(CC)CC.Cc1[c-]c(-c2[c-]ccc3ccccc23)cc(C)c1.[Ir]. The van der Waals surface area contributed by atoms with E-state index in [1.54, 1.807) is 0 Å². The Labute approximate surface area is 219 Å². The number of rotatable bonds is 8. The van der Waals surface area contributed by atoms with Crippen LogP contribution in [0.15, 0.2) is 60.4 Å². The van der Waals surface area contributed by atoms with E-state index in [1.165, 1.54) is 28.0 Å². The second kappa shape index (κ2) is 14.9. The topological polar surface area (TPSA) is 37.3 Å². The van der Waals surface area contributed by atoms with Gasteiger partial charge in [0.1, 0.15) is 0 Å². The Morgan fingerprint density at radius 3 is 2.15 bits per heavy atom. The summed E-state index contributed by atoms with van der Waals surface area (Å²) in [5, 5.41) is 12.2. The Kier molecular flexibility index (Phi) is 13.1. The standard InChI is InChI=1S/C18H14.C13H24O2.Ir/c1-13-10-14(2)12-16(11-13)18-9-5-7-15-6-3-4-8-17(15)18;1-5-10(6-2)12(14)9-13(15)11(7-3)8-4;/h3-8,10-11H,1-2H3;9-11,14H,5-8H2,1-4H3;/q-2;;/b;12-9-;. The van der Waals surface area contributed by atoms with E-state index in [0.717, 1.165) is 36.8 Å². The van der Waals surface area contributed by atoms with Crippen molar-refractivity contribution in [3.8, 4) is 11.1 Å². The largest absolute Gasteiger partial charge is 0.512 e. The van der Waals surface area contributed by atoms with E-state index in [9.17, 15) is 9.90 Å². The first-order valence-corrected chi connectivity index (χ1v) is 12.2. The fourth-order valence-electron chi connectivity index (χ4n) is 4.19. The summed E-state index contributed by atoms with van der Waals surface area (Å²) in [5.41, 5.74) is 4.71. The summed E-state index contributed by atoms with van der Waals surface area (Å²) in [6.07, 6.45) is 4.91. The second-order valence-electron chi connectivity index (χ2n) is 8.69. The normalized spacial score (nSPS) is 11.2. The van der Waals surface area contributed by atoms with E-state index in [2.05, 4.69) is 68.4 Å². The van der Waals surface area contributed by atoms with Crippen LogP contribution in [0.2, 0.25) is 0 Å². The number of allylic oxidation sites excluding steroid dienone is 2. The average molecular weight is 635 g/mol. The molecule has 1 N–H and O–H groups in total. The Morgan fingerprint density at radius 2 is 1.56 bits per heavy atom. The van der Waals surface area contributed by atoms with Crippen LogP contribution in [-0.2, 0) is 24.9 Å². The van der Waals surface area contributed by atoms with E-state index >= 15 is 0 Å². The van der Waals surface area contributed by atoms with Crippen LogP contribution in [0, 0.1) is 37.8 Å². The molecule has 2 nitrogen and oxygen atoms in total. The van der Waals surface area contributed by atoms with Crippen LogP contribution < -0.4 is 0 Å². The Bertz CT molecular complexity index is 1050. The number of aryl methyl sites for hydroxylation is 2. The number of ketones is 1. The van der Waals surface area contributed by atoms with E-state index in [4.69, 9.17) is 0 Å². The molecule has 0 spiro atoms. The maximum Gasteiger partial charge on any atom is 0.162 e. The summed E-state index contributed by atoms with van der Waals surface area (Å²) in [4.78, 5) is 11.7. The van der Waals surface area contributed by atoms with E-state index in [1.807, 2.05) is 33.8 Å². The molecule has 0 fully saturated rings. The number of benzene rings is 3. The van der Waals surface area contributed by atoms with Crippen molar-refractivity contribution in [2.75, 3.05) is 0 Å². The number of aliphatic hydroxyl groups excluding tert-OH is 1. The summed E-state index contributed by atoms with van der Waals surface area (Å²) in [5.74, 6) is 0.547. The van der Waals surface area contributed by atoms with Crippen LogP contribution in [0.25, 0.3) is 21.9 Å². The summed E-state index contributed by atoms with van der Waals surface area (Å²) < 4.78 is 0. The van der Waals surface area contributed by atoms with E-state index in [0.29, 0.717) is 0 Å². The van der Waals surface area contributed by atoms with Crippen LogP contribution >= 0.6 is 0 Å². The summed E-state index contributed by atoms with van der Waals surface area (Å²) >= 11 is 0. The quantitative estimate of drug-likeness (QED) is 0.153. The van der Waals surface area contributed by atoms with Crippen molar-refractivity contribution in [1.82, 2.24) is 0 Å². The number of carbonyl (C=O) groups is 1. The molecule has 3 heteroatoms. The molecule has 0 atom stereocenters. The summed E-state index contributed by atoms with van der Waals surface area (Å²) in [6.45, 7) is 12.3. The Balaban J connectivity index is 0.000000338. The maximum atomic E-state index is 11.7. The van der Waals surface area contributed by atoms with E-state index < -0.39 is 0 Å². The van der Waals surface area contributed by atoms with Crippen molar-refractivity contribution in [1.29, 1.82) is 0 Å². The number of aliphatic hydroxyl groups is 1. The molecule has 3 aromatic rings. The van der Waals surface area contributed by atoms with Crippen LogP contribution in [0.4, 0.5) is 0 Å². The van der Waals surface area contributed by atoms with Gasteiger partial charge in [0.05, 0.1) is 5.76 Å². The minimum atomic E-state index is 0. The van der Waals surface area contributed by atoms with Gasteiger partial charge in [-0.15, -0.1) is 40.1 Å². The molecular formula is C31H38IrO2-2. The molecule has 0 amide bonds. The molecular weight excluding hydrogens is 597 g/mol. The van der Waals surface area contributed by atoms with Crippen molar-refractivity contribution >= 4 is 16.6 Å². The van der Waals surface area contributed by atoms with Crippen molar-refractivity contribution in [3.05, 3.63) is 83.6 Å². The molecule has 3 rings (SSSR count). The number of hydrogen-bond acceptors (Lipinski definition) is 2. The average Bonchev–Trinajstić information content (AvgIpc) is 2.80. The number of fused-ring (bicyclic) bond motifs is 1.